The lowest BCUT2D eigenvalue weighted by Gasteiger charge is -2.34. The fraction of sp³-hybridized carbons (Fsp3) is 0.500. The third-order valence-electron chi connectivity index (χ3n) is 3.04. The molecule has 6 heteroatoms. The summed E-state index contributed by atoms with van der Waals surface area (Å²) in [5.74, 6) is -0.710. The average molecular weight is 273 g/mol. The van der Waals surface area contributed by atoms with Gasteiger partial charge < -0.3 is 9.64 Å². The Morgan fingerprint density at radius 2 is 2.39 bits per heavy atom. The summed E-state index contributed by atoms with van der Waals surface area (Å²) in [6.45, 7) is 0.589. The molecular formula is C12H14ClFN2O2. The minimum atomic E-state index is -0.515. The molecule has 1 aromatic heterocycles. The molecular weight excluding hydrogens is 259 g/mol. The van der Waals surface area contributed by atoms with Crippen molar-refractivity contribution in [2.45, 2.75) is 25.3 Å². The van der Waals surface area contributed by atoms with Crippen molar-refractivity contribution in [3.63, 3.8) is 0 Å². The Morgan fingerprint density at radius 3 is 3.06 bits per heavy atom. The maximum Gasteiger partial charge on any atom is 0.328 e. The van der Waals surface area contributed by atoms with Crippen LogP contribution in [0.4, 0.5) is 10.2 Å². The first kappa shape index (κ1) is 13.1. The van der Waals surface area contributed by atoms with Gasteiger partial charge in [0.15, 0.2) is 11.6 Å². The highest BCUT2D eigenvalue weighted by atomic mass is 35.5. The Bertz CT molecular complexity index is 456. The van der Waals surface area contributed by atoms with E-state index in [4.69, 9.17) is 16.3 Å². The third-order valence-corrected chi connectivity index (χ3v) is 3.24. The van der Waals surface area contributed by atoms with E-state index < -0.39 is 11.9 Å². The number of aromatic nitrogens is 1. The summed E-state index contributed by atoms with van der Waals surface area (Å²) >= 11 is 5.67. The topological polar surface area (TPSA) is 42.4 Å². The predicted molar refractivity (Wildman–Crippen MR) is 66.2 cm³/mol. The number of ether oxygens (including phenoxy) is 1. The van der Waals surface area contributed by atoms with Crippen LogP contribution in [0, 0.1) is 5.82 Å². The fourth-order valence-corrected chi connectivity index (χ4v) is 2.33. The minimum absolute atomic E-state index is 0.162. The predicted octanol–water partition coefficient (Wildman–Crippen LogP) is 2.41. The van der Waals surface area contributed by atoms with Gasteiger partial charge in [-0.25, -0.2) is 14.2 Å². The Hall–Kier alpha value is -1.36. The van der Waals surface area contributed by atoms with E-state index >= 15 is 0 Å². The number of hydrogen-bond donors (Lipinski definition) is 0. The van der Waals surface area contributed by atoms with Gasteiger partial charge in [-0.05, 0) is 25.3 Å². The molecule has 1 fully saturated rings. The number of carbonyl (C=O) groups excluding carboxylic acids is 1. The van der Waals surface area contributed by atoms with Gasteiger partial charge in [0.2, 0.25) is 0 Å². The van der Waals surface area contributed by atoms with E-state index in [1.54, 1.807) is 4.90 Å². The molecule has 0 spiro atoms. The Kier molecular flexibility index (Phi) is 4.01. The second-order valence-corrected chi connectivity index (χ2v) is 4.62. The van der Waals surface area contributed by atoms with Crippen molar-refractivity contribution in [3.05, 3.63) is 23.1 Å². The molecule has 2 rings (SSSR count). The first-order valence-corrected chi connectivity index (χ1v) is 6.17. The molecule has 0 bridgehead atoms. The van der Waals surface area contributed by atoms with Crippen molar-refractivity contribution in [2.24, 2.45) is 0 Å². The van der Waals surface area contributed by atoms with Gasteiger partial charge in [-0.15, -0.1) is 0 Å². The number of anilines is 1. The van der Waals surface area contributed by atoms with Gasteiger partial charge in [0, 0.05) is 12.7 Å². The zero-order valence-electron chi connectivity index (χ0n) is 10.0. The molecule has 0 aromatic carbocycles. The normalized spacial score (nSPS) is 19.7. The minimum Gasteiger partial charge on any atom is -0.467 e. The van der Waals surface area contributed by atoms with Gasteiger partial charge >= 0.3 is 5.97 Å². The molecule has 98 valence electrons. The molecule has 1 aliphatic heterocycles. The lowest BCUT2D eigenvalue weighted by Crippen LogP contribution is -2.46. The number of halogens is 2. The SMILES string of the molecule is COC(=O)C1CCCCN1c1ncc(Cl)cc1F. The molecule has 0 N–H and O–H groups in total. The number of pyridine rings is 1. The molecule has 18 heavy (non-hydrogen) atoms. The number of esters is 1. The maximum atomic E-state index is 13.8. The molecule has 1 aliphatic rings. The number of rotatable bonds is 2. The van der Waals surface area contributed by atoms with Crippen molar-refractivity contribution in [1.82, 2.24) is 4.98 Å². The number of methoxy groups -OCH3 is 1. The molecule has 0 amide bonds. The van der Waals surface area contributed by atoms with Crippen LogP contribution in [0.3, 0.4) is 0 Å². The summed E-state index contributed by atoms with van der Waals surface area (Å²) < 4.78 is 18.6. The number of piperidine rings is 1. The first-order chi connectivity index (χ1) is 8.63. The third kappa shape index (κ3) is 2.56. The van der Waals surface area contributed by atoms with Crippen molar-refractivity contribution in [2.75, 3.05) is 18.6 Å². The zero-order chi connectivity index (χ0) is 13.1. The fourth-order valence-electron chi connectivity index (χ4n) is 2.18. The summed E-state index contributed by atoms with van der Waals surface area (Å²) in [6, 6.07) is 0.735. The summed E-state index contributed by atoms with van der Waals surface area (Å²) in [5, 5.41) is 0.239. The molecule has 1 aromatic rings. The van der Waals surface area contributed by atoms with Crippen molar-refractivity contribution >= 4 is 23.4 Å². The van der Waals surface area contributed by atoms with Gasteiger partial charge in [0.25, 0.3) is 0 Å². The largest absolute Gasteiger partial charge is 0.467 e. The zero-order valence-corrected chi connectivity index (χ0v) is 10.8. The van der Waals surface area contributed by atoms with Crippen molar-refractivity contribution in [1.29, 1.82) is 0 Å². The van der Waals surface area contributed by atoms with Crippen molar-refractivity contribution in [3.8, 4) is 0 Å². The van der Waals surface area contributed by atoms with Crippen LogP contribution in [-0.2, 0) is 9.53 Å². The molecule has 0 aliphatic carbocycles. The first-order valence-electron chi connectivity index (χ1n) is 5.79. The van der Waals surface area contributed by atoms with E-state index in [9.17, 15) is 9.18 Å². The summed E-state index contributed by atoms with van der Waals surface area (Å²) in [7, 11) is 1.33. The van der Waals surface area contributed by atoms with E-state index in [1.807, 2.05) is 0 Å². The van der Waals surface area contributed by atoms with Crippen LogP contribution in [-0.4, -0.2) is 30.6 Å². The standard InChI is InChI=1S/C12H14ClFN2O2/c1-18-12(17)10-4-2-3-5-16(10)11-9(14)6-8(13)7-15-11/h6-7,10H,2-5H2,1H3. The molecule has 1 unspecified atom stereocenters. The van der Waals surface area contributed by atoms with E-state index in [0.29, 0.717) is 13.0 Å². The lowest BCUT2D eigenvalue weighted by molar-refractivity contribution is -0.142. The smallest absolute Gasteiger partial charge is 0.328 e. The van der Waals surface area contributed by atoms with Crippen LogP contribution in [0.1, 0.15) is 19.3 Å². The molecule has 0 radical (unpaired) electrons. The lowest BCUT2D eigenvalue weighted by atomic mass is 10.0. The van der Waals surface area contributed by atoms with Gasteiger partial charge in [-0.2, -0.15) is 0 Å². The average Bonchev–Trinajstić information content (AvgIpc) is 2.38. The van der Waals surface area contributed by atoms with Crippen LogP contribution in [0.5, 0.6) is 0 Å². The Balaban J connectivity index is 2.30. The highest BCUT2D eigenvalue weighted by Gasteiger charge is 2.31. The highest BCUT2D eigenvalue weighted by Crippen LogP contribution is 2.27. The molecule has 1 saturated heterocycles. The Morgan fingerprint density at radius 1 is 1.61 bits per heavy atom. The Labute approximate surface area is 110 Å². The quantitative estimate of drug-likeness (QED) is 0.776. The second kappa shape index (κ2) is 5.52. The summed E-state index contributed by atoms with van der Waals surface area (Å²) in [4.78, 5) is 17.3. The highest BCUT2D eigenvalue weighted by molar-refractivity contribution is 6.30. The van der Waals surface area contributed by atoms with Crippen LogP contribution >= 0.6 is 11.6 Å². The van der Waals surface area contributed by atoms with Gasteiger partial charge in [0.1, 0.15) is 6.04 Å². The molecule has 2 heterocycles. The molecule has 1 atom stereocenters. The summed E-state index contributed by atoms with van der Waals surface area (Å²) in [5.41, 5.74) is 0. The van der Waals surface area contributed by atoms with Gasteiger partial charge in [0.05, 0.1) is 12.1 Å². The number of nitrogens with zero attached hydrogens (tertiary/aromatic N) is 2. The van der Waals surface area contributed by atoms with E-state index in [-0.39, 0.29) is 16.8 Å². The monoisotopic (exact) mass is 272 g/mol. The van der Waals surface area contributed by atoms with Gasteiger partial charge in [-0.1, -0.05) is 11.6 Å². The second-order valence-electron chi connectivity index (χ2n) is 4.19. The van der Waals surface area contributed by atoms with Crippen LogP contribution in [0.15, 0.2) is 12.3 Å². The van der Waals surface area contributed by atoms with Crippen molar-refractivity contribution < 1.29 is 13.9 Å². The van der Waals surface area contributed by atoms with E-state index in [2.05, 4.69) is 4.98 Å². The van der Waals surface area contributed by atoms with E-state index in [1.165, 1.54) is 19.4 Å². The molecule has 4 nitrogen and oxygen atoms in total. The number of hydrogen-bond acceptors (Lipinski definition) is 4. The summed E-state index contributed by atoms with van der Waals surface area (Å²) in [6.07, 6.45) is 3.85. The van der Waals surface area contributed by atoms with Crippen LogP contribution < -0.4 is 4.90 Å². The number of carbonyl (C=O) groups is 1. The van der Waals surface area contributed by atoms with Crippen LogP contribution in [0.2, 0.25) is 5.02 Å². The van der Waals surface area contributed by atoms with E-state index in [0.717, 1.165) is 12.8 Å². The van der Waals surface area contributed by atoms with Gasteiger partial charge in [-0.3, -0.25) is 0 Å². The maximum absolute atomic E-state index is 13.8. The molecule has 0 saturated carbocycles. The van der Waals surface area contributed by atoms with Crippen LogP contribution in [0.25, 0.3) is 0 Å².